The van der Waals surface area contributed by atoms with Crippen LogP contribution in [0.15, 0.2) is 34.8 Å². The van der Waals surface area contributed by atoms with E-state index in [4.69, 9.17) is 10.5 Å². The molecule has 0 unspecified atom stereocenters. The van der Waals surface area contributed by atoms with Gasteiger partial charge in [-0.2, -0.15) is 0 Å². The second kappa shape index (κ2) is 5.54. The molecule has 1 aromatic heterocycles. The molecule has 2 N–H and O–H groups in total. The first-order valence-corrected chi connectivity index (χ1v) is 7.05. The number of nitrogens with two attached hydrogens (primary N) is 1. The zero-order valence-electron chi connectivity index (χ0n) is 9.77. The fraction of sp³-hybridized carbons (Fsp3) is 0.154. The predicted molar refractivity (Wildman–Crippen MR) is 77.8 cm³/mol. The van der Waals surface area contributed by atoms with E-state index in [0.717, 1.165) is 14.9 Å². The Hall–Kier alpha value is -1.33. The molecule has 94 valence electrons. The Morgan fingerprint density at radius 1 is 1.44 bits per heavy atom. The molecule has 0 fully saturated rings. The van der Waals surface area contributed by atoms with Gasteiger partial charge in [0.2, 0.25) is 0 Å². The van der Waals surface area contributed by atoms with Gasteiger partial charge < -0.3 is 10.5 Å². The number of ether oxygens (including phenoxy) is 1. The Labute approximate surface area is 118 Å². The lowest BCUT2D eigenvalue weighted by Crippen LogP contribution is -2.04. The predicted octanol–water partition coefficient (Wildman–Crippen LogP) is 3.94. The molecule has 0 spiro atoms. The summed E-state index contributed by atoms with van der Waals surface area (Å²) in [5.74, 6) is -0.360. The van der Waals surface area contributed by atoms with Gasteiger partial charge in [-0.25, -0.2) is 4.79 Å². The Morgan fingerprint density at radius 3 is 2.89 bits per heavy atom. The lowest BCUT2D eigenvalue weighted by atomic mass is 10.2. The first-order valence-electron chi connectivity index (χ1n) is 5.44. The smallest absolute Gasteiger partial charge is 0.350 e. The van der Waals surface area contributed by atoms with Crippen molar-refractivity contribution in [1.29, 1.82) is 0 Å². The number of rotatable bonds is 3. The van der Waals surface area contributed by atoms with E-state index in [1.54, 1.807) is 13.0 Å². The van der Waals surface area contributed by atoms with Crippen molar-refractivity contribution in [2.24, 2.45) is 0 Å². The third kappa shape index (κ3) is 2.73. The average Bonchev–Trinajstić information content (AvgIpc) is 2.72. The van der Waals surface area contributed by atoms with Gasteiger partial charge in [0, 0.05) is 9.35 Å². The van der Waals surface area contributed by atoms with Crippen LogP contribution in [0, 0.1) is 0 Å². The zero-order chi connectivity index (χ0) is 13.1. The number of benzene rings is 1. The van der Waals surface area contributed by atoms with Gasteiger partial charge in [0.25, 0.3) is 0 Å². The van der Waals surface area contributed by atoms with E-state index in [9.17, 15) is 4.79 Å². The van der Waals surface area contributed by atoms with Crippen LogP contribution >= 0.6 is 27.3 Å². The van der Waals surface area contributed by atoms with Gasteiger partial charge in [0.1, 0.15) is 4.88 Å². The summed E-state index contributed by atoms with van der Waals surface area (Å²) in [6.45, 7) is 2.12. The second-order valence-corrected chi connectivity index (χ2v) is 5.59. The third-order valence-electron chi connectivity index (χ3n) is 2.33. The normalized spacial score (nSPS) is 10.3. The maximum absolute atomic E-state index is 11.7. The summed E-state index contributed by atoms with van der Waals surface area (Å²) in [7, 11) is 0. The van der Waals surface area contributed by atoms with Crippen LogP contribution in [0.2, 0.25) is 0 Å². The largest absolute Gasteiger partial charge is 0.462 e. The van der Waals surface area contributed by atoms with Gasteiger partial charge in [-0.15, -0.1) is 11.3 Å². The van der Waals surface area contributed by atoms with Gasteiger partial charge in [-0.3, -0.25) is 0 Å². The molecule has 0 saturated carbocycles. The van der Waals surface area contributed by atoms with Crippen molar-refractivity contribution in [3.63, 3.8) is 0 Å². The van der Waals surface area contributed by atoms with E-state index in [0.29, 0.717) is 17.2 Å². The maximum Gasteiger partial charge on any atom is 0.350 e. The Morgan fingerprint density at radius 2 is 2.22 bits per heavy atom. The van der Waals surface area contributed by atoms with Gasteiger partial charge in [0.15, 0.2) is 0 Å². The van der Waals surface area contributed by atoms with Crippen LogP contribution in [0.5, 0.6) is 0 Å². The SMILES string of the molecule is CCOC(=O)c1sc(-c2cccc(Br)c2)cc1N. The van der Waals surface area contributed by atoms with Gasteiger partial charge in [-0.05, 0) is 30.7 Å². The minimum Gasteiger partial charge on any atom is -0.462 e. The number of nitrogen functional groups attached to an aromatic ring is 1. The number of hydrogen-bond acceptors (Lipinski definition) is 4. The molecule has 0 aliphatic rings. The fourth-order valence-corrected chi connectivity index (χ4v) is 2.91. The van der Waals surface area contributed by atoms with E-state index >= 15 is 0 Å². The number of halogens is 1. The fourth-order valence-electron chi connectivity index (χ4n) is 1.55. The van der Waals surface area contributed by atoms with Crippen molar-refractivity contribution in [3.8, 4) is 10.4 Å². The third-order valence-corrected chi connectivity index (χ3v) is 4.00. The van der Waals surface area contributed by atoms with Crippen molar-refractivity contribution in [2.75, 3.05) is 12.3 Å². The summed E-state index contributed by atoms with van der Waals surface area (Å²) < 4.78 is 5.95. The van der Waals surface area contributed by atoms with Crippen LogP contribution in [-0.2, 0) is 4.74 Å². The van der Waals surface area contributed by atoms with Crippen molar-refractivity contribution >= 4 is 38.9 Å². The lowest BCUT2D eigenvalue weighted by molar-refractivity contribution is 0.0533. The average molecular weight is 326 g/mol. The number of anilines is 1. The minimum atomic E-state index is -0.360. The first kappa shape index (κ1) is 13.1. The highest BCUT2D eigenvalue weighted by molar-refractivity contribution is 9.10. The van der Waals surface area contributed by atoms with E-state index in [2.05, 4.69) is 15.9 Å². The Bertz CT molecular complexity index is 580. The van der Waals surface area contributed by atoms with Crippen LogP contribution in [0.25, 0.3) is 10.4 Å². The Kier molecular flexibility index (Phi) is 4.04. The Balaban J connectivity index is 2.37. The standard InChI is InChI=1S/C13H12BrNO2S/c1-2-17-13(16)12-10(15)7-11(18-12)8-4-3-5-9(14)6-8/h3-7H,2,15H2,1H3. The zero-order valence-corrected chi connectivity index (χ0v) is 12.2. The molecule has 18 heavy (non-hydrogen) atoms. The molecule has 0 amide bonds. The van der Waals surface area contributed by atoms with Crippen molar-refractivity contribution < 1.29 is 9.53 Å². The quantitative estimate of drug-likeness (QED) is 0.869. The van der Waals surface area contributed by atoms with Crippen LogP contribution in [0.3, 0.4) is 0 Å². The summed E-state index contributed by atoms with van der Waals surface area (Å²) >= 11 is 4.77. The molecule has 5 heteroatoms. The number of carbonyl (C=O) groups is 1. The van der Waals surface area contributed by atoms with Gasteiger partial charge in [0.05, 0.1) is 12.3 Å². The van der Waals surface area contributed by atoms with E-state index in [-0.39, 0.29) is 5.97 Å². The van der Waals surface area contributed by atoms with E-state index in [1.165, 1.54) is 11.3 Å². The molecule has 0 radical (unpaired) electrons. The van der Waals surface area contributed by atoms with Crippen molar-refractivity contribution in [3.05, 3.63) is 39.7 Å². The highest BCUT2D eigenvalue weighted by atomic mass is 79.9. The molecule has 0 saturated heterocycles. The molecule has 0 aliphatic heterocycles. The summed E-state index contributed by atoms with van der Waals surface area (Å²) in [6, 6.07) is 9.66. The number of carbonyl (C=O) groups excluding carboxylic acids is 1. The molecule has 0 bridgehead atoms. The van der Waals surface area contributed by atoms with Crippen molar-refractivity contribution in [2.45, 2.75) is 6.92 Å². The van der Waals surface area contributed by atoms with Crippen LogP contribution < -0.4 is 5.73 Å². The number of hydrogen-bond donors (Lipinski definition) is 1. The molecule has 3 nitrogen and oxygen atoms in total. The molecule has 1 heterocycles. The minimum absolute atomic E-state index is 0.350. The molecule has 2 rings (SSSR count). The van der Waals surface area contributed by atoms with Crippen molar-refractivity contribution in [1.82, 2.24) is 0 Å². The molecule has 0 atom stereocenters. The molecular weight excluding hydrogens is 314 g/mol. The van der Waals surface area contributed by atoms with E-state index in [1.807, 2.05) is 24.3 Å². The number of thiophene rings is 1. The highest BCUT2D eigenvalue weighted by Crippen LogP contribution is 2.34. The van der Waals surface area contributed by atoms with Crippen LogP contribution in [0.4, 0.5) is 5.69 Å². The van der Waals surface area contributed by atoms with E-state index < -0.39 is 0 Å². The molecule has 0 aliphatic carbocycles. The summed E-state index contributed by atoms with van der Waals surface area (Å²) in [5, 5.41) is 0. The summed E-state index contributed by atoms with van der Waals surface area (Å²) in [5.41, 5.74) is 7.34. The second-order valence-electron chi connectivity index (χ2n) is 3.63. The first-order chi connectivity index (χ1) is 8.61. The number of esters is 1. The van der Waals surface area contributed by atoms with Crippen LogP contribution in [-0.4, -0.2) is 12.6 Å². The highest BCUT2D eigenvalue weighted by Gasteiger charge is 2.16. The summed E-state index contributed by atoms with van der Waals surface area (Å²) in [4.78, 5) is 13.1. The lowest BCUT2D eigenvalue weighted by Gasteiger charge is -1.99. The topological polar surface area (TPSA) is 52.3 Å². The van der Waals surface area contributed by atoms with Gasteiger partial charge >= 0.3 is 5.97 Å². The molecule has 2 aromatic rings. The van der Waals surface area contributed by atoms with Gasteiger partial charge in [-0.1, -0.05) is 28.1 Å². The van der Waals surface area contributed by atoms with Crippen LogP contribution in [0.1, 0.15) is 16.6 Å². The maximum atomic E-state index is 11.7. The molecule has 1 aromatic carbocycles. The monoisotopic (exact) mass is 325 g/mol. The summed E-state index contributed by atoms with van der Waals surface area (Å²) in [6.07, 6.45) is 0. The molecular formula is C13H12BrNO2S.